The van der Waals surface area contributed by atoms with Gasteiger partial charge in [0.05, 0.1) is 17.1 Å². The number of benzene rings is 2. The van der Waals surface area contributed by atoms with E-state index in [2.05, 4.69) is 5.32 Å². The summed E-state index contributed by atoms with van der Waals surface area (Å²) in [4.78, 5) is 12.1. The minimum atomic E-state index is -3.75. The van der Waals surface area contributed by atoms with Crippen molar-refractivity contribution in [3.8, 4) is 0 Å². The molecule has 9 heteroatoms. The Hall–Kier alpha value is -2.36. The van der Waals surface area contributed by atoms with Crippen molar-refractivity contribution in [2.75, 3.05) is 18.4 Å². The van der Waals surface area contributed by atoms with E-state index in [1.165, 1.54) is 52.8 Å². The van der Waals surface area contributed by atoms with Crippen molar-refractivity contribution < 1.29 is 26.7 Å². The molecule has 1 amide bonds. The molecule has 0 saturated carbocycles. The number of carbonyl (C=O) groups excluding carboxylic acids is 1. The summed E-state index contributed by atoms with van der Waals surface area (Å²) in [6, 6.07) is 11.9. The van der Waals surface area contributed by atoms with E-state index in [-0.39, 0.29) is 35.9 Å². The van der Waals surface area contributed by atoms with Crippen LogP contribution in [-0.2, 0) is 25.5 Å². The van der Waals surface area contributed by atoms with Gasteiger partial charge in [-0.25, -0.2) is 8.42 Å². The van der Waals surface area contributed by atoms with Crippen LogP contribution in [0.3, 0.4) is 0 Å². The summed E-state index contributed by atoms with van der Waals surface area (Å²) in [5.74, 6) is -5.21. The van der Waals surface area contributed by atoms with Crippen LogP contribution in [0, 0.1) is 0 Å². The second-order valence-electron chi connectivity index (χ2n) is 7.00. The minimum Gasteiger partial charge on any atom is -0.373 e. The van der Waals surface area contributed by atoms with Crippen LogP contribution in [0.2, 0.25) is 0 Å². The Morgan fingerprint density at radius 3 is 2.14 bits per heavy atom. The Balaban J connectivity index is 1.74. The fourth-order valence-electron chi connectivity index (χ4n) is 3.17. The van der Waals surface area contributed by atoms with Crippen molar-refractivity contribution in [3.63, 3.8) is 0 Å². The van der Waals surface area contributed by atoms with Crippen LogP contribution in [0.15, 0.2) is 59.5 Å². The fourth-order valence-corrected chi connectivity index (χ4v) is 4.76. The van der Waals surface area contributed by atoms with Gasteiger partial charge in [0.2, 0.25) is 10.0 Å². The number of morpholine rings is 1. The highest BCUT2D eigenvalue weighted by atomic mass is 32.2. The number of nitrogens with zero attached hydrogens (tertiary/aromatic N) is 1. The summed E-state index contributed by atoms with van der Waals surface area (Å²) in [6.07, 6.45) is -0.459. The molecule has 0 spiro atoms. The van der Waals surface area contributed by atoms with Crippen molar-refractivity contribution in [2.45, 2.75) is 36.9 Å². The predicted molar refractivity (Wildman–Crippen MR) is 104 cm³/mol. The van der Waals surface area contributed by atoms with Crippen molar-refractivity contribution >= 4 is 21.6 Å². The SMILES string of the molecule is C[C@@H]1CN(S(=O)(=O)c2ccc(NC(=O)C(F)(F)c3ccccc3)cc2)C[C@H](C)O1. The van der Waals surface area contributed by atoms with Crippen LogP contribution < -0.4 is 5.32 Å². The number of sulfonamides is 1. The van der Waals surface area contributed by atoms with E-state index < -0.39 is 27.4 Å². The second-order valence-corrected chi connectivity index (χ2v) is 8.94. The van der Waals surface area contributed by atoms with E-state index in [1.807, 2.05) is 0 Å². The Bertz CT molecular complexity index is 956. The lowest BCUT2D eigenvalue weighted by molar-refractivity contribution is -0.140. The van der Waals surface area contributed by atoms with Gasteiger partial charge in [0.1, 0.15) is 0 Å². The number of hydrogen-bond donors (Lipinski definition) is 1. The molecule has 1 heterocycles. The number of alkyl halides is 2. The van der Waals surface area contributed by atoms with Crippen LogP contribution in [-0.4, -0.2) is 43.9 Å². The van der Waals surface area contributed by atoms with E-state index in [9.17, 15) is 22.0 Å². The molecule has 3 rings (SSSR count). The first-order valence-corrected chi connectivity index (χ1v) is 10.5. The van der Waals surface area contributed by atoms with Crippen molar-refractivity contribution in [1.82, 2.24) is 4.31 Å². The number of ether oxygens (including phenoxy) is 1. The summed E-state index contributed by atoms with van der Waals surface area (Å²) in [5.41, 5.74) is -0.347. The number of halogens is 2. The monoisotopic (exact) mass is 424 g/mol. The van der Waals surface area contributed by atoms with Gasteiger partial charge >= 0.3 is 5.92 Å². The third-order valence-corrected chi connectivity index (χ3v) is 6.40. The highest BCUT2D eigenvalue weighted by Gasteiger charge is 2.40. The summed E-state index contributed by atoms with van der Waals surface area (Å²) < 4.78 is 61.1. The Morgan fingerprint density at radius 1 is 1.03 bits per heavy atom. The number of rotatable bonds is 5. The molecule has 2 aromatic rings. The number of hydrogen-bond acceptors (Lipinski definition) is 4. The standard InChI is InChI=1S/C20H22F2N2O4S/c1-14-12-24(13-15(2)28-14)29(26,27)18-10-8-17(9-11-18)23-19(25)20(21,22)16-6-4-3-5-7-16/h3-11,14-15H,12-13H2,1-2H3,(H,23,25)/t14-,15+. The van der Waals surface area contributed by atoms with E-state index in [4.69, 9.17) is 4.74 Å². The molecule has 1 N–H and O–H groups in total. The minimum absolute atomic E-state index is 0.0200. The molecular formula is C20H22F2N2O4S. The summed E-state index contributed by atoms with van der Waals surface area (Å²) in [6.45, 7) is 4.05. The molecule has 1 aliphatic heterocycles. The molecule has 1 saturated heterocycles. The number of carbonyl (C=O) groups is 1. The topological polar surface area (TPSA) is 75.7 Å². The largest absolute Gasteiger partial charge is 0.373 e. The Morgan fingerprint density at radius 2 is 1.59 bits per heavy atom. The zero-order valence-corrected chi connectivity index (χ0v) is 16.8. The Labute approximate surface area is 168 Å². The molecule has 0 radical (unpaired) electrons. The quantitative estimate of drug-likeness (QED) is 0.800. The number of nitrogens with one attached hydrogen (secondary N) is 1. The lowest BCUT2D eigenvalue weighted by Gasteiger charge is -2.34. The van der Waals surface area contributed by atoms with Crippen LogP contribution in [0.1, 0.15) is 19.4 Å². The van der Waals surface area contributed by atoms with E-state index in [0.717, 1.165) is 0 Å². The molecule has 156 valence electrons. The number of amides is 1. The average molecular weight is 424 g/mol. The van der Waals surface area contributed by atoms with Crippen molar-refractivity contribution in [1.29, 1.82) is 0 Å². The maximum atomic E-state index is 14.3. The van der Waals surface area contributed by atoms with Gasteiger partial charge in [0.25, 0.3) is 5.91 Å². The van der Waals surface area contributed by atoms with Gasteiger partial charge in [-0.15, -0.1) is 0 Å². The number of anilines is 1. The van der Waals surface area contributed by atoms with Gasteiger partial charge in [0, 0.05) is 24.3 Å². The second kappa shape index (κ2) is 8.17. The normalized spacial score (nSPS) is 21.0. The molecule has 0 aromatic heterocycles. The van der Waals surface area contributed by atoms with Crippen molar-refractivity contribution in [2.24, 2.45) is 0 Å². The van der Waals surface area contributed by atoms with Gasteiger partial charge in [-0.2, -0.15) is 13.1 Å². The molecule has 6 nitrogen and oxygen atoms in total. The van der Waals surface area contributed by atoms with Gasteiger partial charge < -0.3 is 10.1 Å². The molecule has 1 fully saturated rings. The Kier molecular flexibility index (Phi) is 6.02. The van der Waals surface area contributed by atoms with E-state index in [1.54, 1.807) is 19.9 Å². The first-order chi connectivity index (χ1) is 13.6. The molecule has 0 aliphatic carbocycles. The third kappa shape index (κ3) is 4.63. The molecule has 29 heavy (non-hydrogen) atoms. The molecule has 1 aliphatic rings. The summed E-state index contributed by atoms with van der Waals surface area (Å²) >= 11 is 0. The highest BCUT2D eigenvalue weighted by Crippen LogP contribution is 2.30. The lowest BCUT2D eigenvalue weighted by Crippen LogP contribution is -2.48. The van der Waals surface area contributed by atoms with Crippen molar-refractivity contribution in [3.05, 3.63) is 60.2 Å². The van der Waals surface area contributed by atoms with E-state index in [0.29, 0.717) is 0 Å². The maximum absolute atomic E-state index is 14.3. The maximum Gasteiger partial charge on any atom is 0.350 e. The van der Waals surface area contributed by atoms with Gasteiger partial charge in [-0.1, -0.05) is 30.3 Å². The predicted octanol–water partition coefficient (Wildman–Crippen LogP) is 3.22. The summed E-state index contributed by atoms with van der Waals surface area (Å²) in [5, 5.41) is 2.14. The van der Waals surface area contributed by atoms with Crippen LogP contribution in [0.4, 0.5) is 14.5 Å². The van der Waals surface area contributed by atoms with Gasteiger partial charge in [0.15, 0.2) is 0 Å². The van der Waals surface area contributed by atoms with Gasteiger partial charge in [-0.05, 0) is 38.1 Å². The smallest absolute Gasteiger partial charge is 0.350 e. The molecule has 0 bridgehead atoms. The zero-order valence-electron chi connectivity index (χ0n) is 16.0. The van der Waals surface area contributed by atoms with Crippen LogP contribution >= 0.6 is 0 Å². The van der Waals surface area contributed by atoms with Crippen LogP contribution in [0.5, 0.6) is 0 Å². The first-order valence-electron chi connectivity index (χ1n) is 9.11. The molecule has 0 unspecified atom stereocenters. The zero-order chi connectivity index (χ0) is 21.2. The first kappa shape index (κ1) is 21.4. The van der Waals surface area contributed by atoms with Gasteiger partial charge in [-0.3, -0.25) is 4.79 Å². The fraction of sp³-hybridized carbons (Fsp3) is 0.350. The highest BCUT2D eigenvalue weighted by molar-refractivity contribution is 7.89. The molecule has 2 atom stereocenters. The molecular weight excluding hydrogens is 402 g/mol. The molecule has 2 aromatic carbocycles. The average Bonchev–Trinajstić information content (AvgIpc) is 2.68. The summed E-state index contributed by atoms with van der Waals surface area (Å²) in [7, 11) is -3.75. The lowest BCUT2D eigenvalue weighted by atomic mass is 10.1. The van der Waals surface area contributed by atoms with Crippen LogP contribution in [0.25, 0.3) is 0 Å². The third-order valence-electron chi connectivity index (χ3n) is 4.56. The van der Waals surface area contributed by atoms with E-state index >= 15 is 0 Å².